The predicted molar refractivity (Wildman–Crippen MR) is 95.0 cm³/mol. The monoisotopic (exact) mass is 331 g/mol. The van der Waals surface area contributed by atoms with Crippen molar-refractivity contribution in [2.75, 3.05) is 0 Å². The van der Waals surface area contributed by atoms with Crippen LogP contribution in [-0.4, -0.2) is 11.7 Å². The average Bonchev–Trinajstić information content (AvgIpc) is 2.69. The third-order valence-corrected chi connectivity index (χ3v) is 3.70. The highest BCUT2D eigenvalue weighted by Gasteiger charge is 2.17. The highest BCUT2D eigenvalue weighted by Crippen LogP contribution is 2.15. The molecule has 25 heavy (non-hydrogen) atoms. The van der Waals surface area contributed by atoms with Gasteiger partial charge in [0.2, 0.25) is 0 Å². The molecule has 0 aromatic heterocycles. The van der Waals surface area contributed by atoms with Crippen LogP contribution >= 0.6 is 0 Å². The third kappa shape index (κ3) is 4.19. The van der Waals surface area contributed by atoms with Crippen molar-refractivity contribution >= 4 is 11.7 Å². The molecule has 1 N–H and O–H groups in total. The minimum Gasteiger partial charge on any atom is -0.289 e. The molecule has 0 aliphatic carbocycles. The Morgan fingerprint density at radius 1 is 0.720 bits per heavy atom. The summed E-state index contributed by atoms with van der Waals surface area (Å²) < 4.78 is 0. The Balaban J connectivity index is 1.72. The predicted octanol–water partition coefficient (Wildman–Crippen LogP) is 3.78. The first-order valence-corrected chi connectivity index (χ1v) is 7.90. The first-order chi connectivity index (χ1) is 12.3. The van der Waals surface area contributed by atoms with E-state index in [0.717, 1.165) is 5.56 Å². The highest BCUT2D eigenvalue weighted by atomic mass is 16.6. The number of hydrogen-bond acceptors (Lipinski definition) is 3. The molecule has 0 spiro atoms. The van der Waals surface area contributed by atoms with Gasteiger partial charge in [-0.3, -0.25) is 14.4 Å². The molecule has 3 aromatic rings. The molecule has 0 bridgehead atoms. The normalized spacial score (nSPS) is 10.2. The van der Waals surface area contributed by atoms with Crippen molar-refractivity contribution in [1.29, 1.82) is 0 Å². The fraction of sp³-hybridized carbons (Fsp3) is 0.0476. The van der Waals surface area contributed by atoms with Gasteiger partial charge in [0.25, 0.3) is 5.91 Å². The Bertz CT molecular complexity index is 861. The van der Waals surface area contributed by atoms with Crippen LogP contribution in [0.5, 0.6) is 0 Å². The summed E-state index contributed by atoms with van der Waals surface area (Å²) in [6.07, 6.45) is 0. The van der Waals surface area contributed by atoms with E-state index in [4.69, 9.17) is 4.84 Å². The second kappa shape index (κ2) is 8.04. The molecule has 0 heterocycles. The lowest BCUT2D eigenvalue weighted by Crippen LogP contribution is -2.25. The smallest absolute Gasteiger partial charge is 0.275 e. The summed E-state index contributed by atoms with van der Waals surface area (Å²) in [6.45, 7) is 0.251. The molecule has 0 saturated carbocycles. The van der Waals surface area contributed by atoms with Gasteiger partial charge in [0.05, 0.1) is 12.2 Å². The van der Waals surface area contributed by atoms with Crippen LogP contribution in [0.2, 0.25) is 0 Å². The van der Waals surface area contributed by atoms with Crippen LogP contribution in [0.4, 0.5) is 0 Å². The quantitative estimate of drug-likeness (QED) is 0.552. The first kappa shape index (κ1) is 16.6. The maximum atomic E-state index is 12.6. The lowest BCUT2D eigenvalue weighted by molar-refractivity contribution is 0.0232. The van der Waals surface area contributed by atoms with Gasteiger partial charge in [0.1, 0.15) is 0 Å². The van der Waals surface area contributed by atoms with Crippen LogP contribution in [0.1, 0.15) is 31.8 Å². The largest absolute Gasteiger partial charge is 0.289 e. The Hall–Kier alpha value is -3.24. The minimum absolute atomic E-state index is 0.200. The van der Waals surface area contributed by atoms with Crippen molar-refractivity contribution in [2.45, 2.75) is 6.61 Å². The molecule has 0 radical (unpaired) electrons. The maximum Gasteiger partial charge on any atom is 0.275 e. The molecular formula is C21H17NO3. The van der Waals surface area contributed by atoms with Gasteiger partial charge in [-0.25, -0.2) is 5.48 Å². The first-order valence-electron chi connectivity index (χ1n) is 7.90. The van der Waals surface area contributed by atoms with Crippen molar-refractivity contribution in [3.8, 4) is 0 Å². The average molecular weight is 331 g/mol. The number of carbonyl (C=O) groups is 2. The summed E-state index contributed by atoms with van der Waals surface area (Å²) in [7, 11) is 0. The van der Waals surface area contributed by atoms with Crippen LogP contribution in [0, 0.1) is 0 Å². The van der Waals surface area contributed by atoms with E-state index in [0.29, 0.717) is 11.1 Å². The number of amides is 1. The number of rotatable bonds is 6. The Labute approximate surface area is 146 Å². The van der Waals surface area contributed by atoms with Crippen LogP contribution in [0.3, 0.4) is 0 Å². The van der Waals surface area contributed by atoms with E-state index in [1.807, 2.05) is 36.4 Å². The number of benzene rings is 3. The van der Waals surface area contributed by atoms with Gasteiger partial charge in [0.15, 0.2) is 5.78 Å². The van der Waals surface area contributed by atoms with E-state index in [9.17, 15) is 9.59 Å². The molecule has 1 amide bonds. The topological polar surface area (TPSA) is 55.4 Å². The van der Waals surface area contributed by atoms with E-state index in [-0.39, 0.29) is 18.0 Å². The summed E-state index contributed by atoms with van der Waals surface area (Å²) >= 11 is 0. The van der Waals surface area contributed by atoms with Crippen molar-refractivity contribution in [2.24, 2.45) is 0 Å². The zero-order valence-corrected chi connectivity index (χ0v) is 13.5. The van der Waals surface area contributed by atoms with Gasteiger partial charge in [0, 0.05) is 11.1 Å². The zero-order valence-electron chi connectivity index (χ0n) is 13.5. The fourth-order valence-electron chi connectivity index (χ4n) is 2.44. The lowest BCUT2D eigenvalue weighted by Gasteiger charge is -2.10. The Kier molecular flexibility index (Phi) is 5.34. The number of hydrogen-bond donors (Lipinski definition) is 1. The third-order valence-electron chi connectivity index (χ3n) is 3.70. The molecule has 4 heteroatoms. The fourth-order valence-corrected chi connectivity index (χ4v) is 2.44. The van der Waals surface area contributed by atoms with Gasteiger partial charge >= 0.3 is 0 Å². The number of ketones is 1. The van der Waals surface area contributed by atoms with Crippen molar-refractivity contribution in [3.05, 3.63) is 107 Å². The van der Waals surface area contributed by atoms with E-state index in [1.165, 1.54) is 0 Å². The van der Waals surface area contributed by atoms with Crippen LogP contribution in [0.15, 0.2) is 84.9 Å². The molecule has 4 nitrogen and oxygen atoms in total. The minimum atomic E-state index is -0.448. The summed E-state index contributed by atoms with van der Waals surface area (Å²) in [5.41, 5.74) is 4.50. The molecule has 3 aromatic carbocycles. The van der Waals surface area contributed by atoms with E-state index in [2.05, 4.69) is 5.48 Å². The van der Waals surface area contributed by atoms with Crippen LogP contribution in [-0.2, 0) is 11.4 Å². The summed E-state index contributed by atoms with van der Waals surface area (Å²) in [5.74, 6) is -0.648. The number of nitrogens with one attached hydrogen (secondary N) is 1. The Morgan fingerprint density at radius 3 is 1.96 bits per heavy atom. The van der Waals surface area contributed by atoms with Gasteiger partial charge in [-0.15, -0.1) is 0 Å². The standard InChI is InChI=1S/C21H17NO3/c23-20(17-11-5-2-6-12-17)18-13-7-8-14-19(18)21(24)22-25-15-16-9-3-1-4-10-16/h1-14H,15H2,(H,22,24). The van der Waals surface area contributed by atoms with Crippen molar-refractivity contribution < 1.29 is 14.4 Å². The summed E-state index contributed by atoms with van der Waals surface area (Å²) in [6, 6.07) is 25.1. The van der Waals surface area contributed by atoms with Crippen molar-refractivity contribution in [1.82, 2.24) is 5.48 Å². The molecule has 0 aliphatic heterocycles. The number of hydroxylamine groups is 1. The summed E-state index contributed by atoms with van der Waals surface area (Å²) in [5, 5.41) is 0. The molecule has 3 rings (SSSR count). The van der Waals surface area contributed by atoms with E-state index >= 15 is 0 Å². The zero-order chi connectivity index (χ0) is 17.5. The summed E-state index contributed by atoms with van der Waals surface area (Å²) in [4.78, 5) is 30.3. The lowest BCUT2D eigenvalue weighted by atomic mass is 9.98. The maximum absolute atomic E-state index is 12.6. The molecule has 0 fully saturated rings. The second-order valence-electron chi connectivity index (χ2n) is 5.45. The molecular weight excluding hydrogens is 314 g/mol. The second-order valence-corrected chi connectivity index (χ2v) is 5.45. The highest BCUT2D eigenvalue weighted by molar-refractivity contribution is 6.15. The van der Waals surface area contributed by atoms with E-state index in [1.54, 1.807) is 48.5 Å². The molecule has 0 atom stereocenters. The van der Waals surface area contributed by atoms with Gasteiger partial charge < -0.3 is 0 Å². The van der Waals surface area contributed by atoms with Gasteiger partial charge in [-0.05, 0) is 11.6 Å². The molecule has 124 valence electrons. The SMILES string of the molecule is O=C(NOCc1ccccc1)c1ccccc1C(=O)c1ccccc1. The molecule has 0 saturated heterocycles. The van der Waals surface area contributed by atoms with Crippen LogP contribution in [0.25, 0.3) is 0 Å². The van der Waals surface area contributed by atoms with Crippen LogP contribution < -0.4 is 5.48 Å². The number of carbonyl (C=O) groups excluding carboxylic acids is 2. The molecule has 0 unspecified atom stereocenters. The molecule has 0 aliphatic rings. The van der Waals surface area contributed by atoms with Gasteiger partial charge in [-0.2, -0.15) is 0 Å². The van der Waals surface area contributed by atoms with Crippen molar-refractivity contribution in [3.63, 3.8) is 0 Å². The Morgan fingerprint density at radius 2 is 1.28 bits per heavy atom. The van der Waals surface area contributed by atoms with Gasteiger partial charge in [-0.1, -0.05) is 78.9 Å². The van der Waals surface area contributed by atoms with E-state index < -0.39 is 5.91 Å².